The number of hydrogen-bond donors (Lipinski definition) is 2. The number of amides is 1. The number of nitrogens with one attached hydrogen (secondary N) is 2. The summed E-state index contributed by atoms with van der Waals surface area (Å²) in [5.74, 6) is 1.28. The summed E-state index contributed by atoms with van der Waals surface area (Å²) in [7, 11) is 1.62. The number of carbonyl (C=O) groups excluding carboxylic acids is 1. The maximum atomic E-state index is 12.9. The number of aromatic amines is 1. The fraction of sp³-hybridized carbons (Fsp3) is 0.160. The molecular weight excluding hydrogens is 420 g/mol. The van der Waals surface area contributed by atoms with Crippen molar-refractivity contribution in [1.82, 2.24) is 20.1 Å². The lowest BCUT2D eigenvalue weighted by Gasteiger charge is -2.19. The Morgan fingerprint density at radius 1 is 1.00 bits per heavy atom. The number of carbonyl (C=O) groups is 1. The molecule has 1 aromatic heterocycles. The molecule has 0 saturated carbocycles. The van der Waals surface area contributed by atoms with Gasteiger partial charge in [-0.25, -0.2) is 0 Å². The number of benzene rings is 3. The lowest BCUT2D eigenvalue weighted by molar-refractivity contribution is -0.121. The predicted octanol–water partition coefficient (Wildman–Crippen LogP) is 4.56. The van der Waals surface area contributed by atoms with Crippen molar-refractivity contribution in [2.75, 3.05) is 13.7 Å². The van der Waals surface area contributed by atoms with Crippen molar-refractivity contribution < 1.29 is 9.53 Å². The fourth-order valence-electron chi connectivity index (χ4n) is 3.64. The monoisotopic (exact) mass is 444 g/mol. The van der Waals surface area contributed by atoms with Gasteiger partial charge in [0.25, 0.3) is 0 Å². The van der Waals surface area contributed by atoms with Gasteiger partial charge >= 0.3 is 0 Å². The quantitative estimate of drug-likeness (QED) is 0.391. The molecule has 32 heavy (non-hydrogen) atoms. The van der Waals surface area contributed by atoms with Crippen molar-refractivity contribution >= 4 is 18.1 Å². The molecule has 0 atom stereocenters. The molecule has 0 aliphatic heterocycles. The fourth-order valence-corrected chi connectivity index (χ4v) is 3.84. The minimum atomic E-state index is -0.130. The third kappa shape index (κ3) is 4.95. The molecular formula is C25H24N4O2S. The first-order chi connectivity index (χ1) is 15.7. The average Bonchev–Trinajstić information content (AvgIpc) is 3.20. The highest BCUT2D eigenvalue weighted by atomic mass is 32.1. The second-order valence-electron chi connectivity index (χ2n) is 7.35. The van der Waals surface area contributed by atoms with Gasteiger partial charge < -0.3 is 10.1 Å². The van der Waals surface area contributed by atoms with Gasteiger partial charge in [0, 0.05) is 18.0 Å². The van der Waals surface area contributed by atoms with Gasteiger partial charge in [-0.15, -0.1) is 0 Å². The molecule has 0 aliphatic rings. The van der Waals surface area contributed by atoms with E-state index >= 15 is 0 Å². The Balaban J connectivity index is 1.50. The van der Waals surface area contributed by atoms with E-state index in [-0.39, 0.29) is 18.4 Å². The van der Waals surface area contributed by atoms with Gasteiger partial charge in [0.15, 0.2) is 10.6 Å². The molecule has 7 heteroatoms. The second kappa shape index (κ2) is 10.1. The summed E-state index contributed by atoms with van der Waals surface area (Å²) in [6, 6.07) is 27.8. The Labute approximate surface area is 191 Å². The van der Waals surface area contributed by atoms with Crippen LogP contribution < -0.4 is 10.1 Å². The van der Waals surface area contributed by atoms with Crippen molar-refractivity contribution in [3.63, 3.8) is 0 Å². The first-order valence-electron chi connectivity index (χ1n) is 10.3. The molecule has 2 N–H and O–H groups in total. The summed E-state index contributed by atoms with van der Waals surface area (Å²) in [5, 5.41) is 10.2. The van der Waals surface area contributed by atoms with Crippen LogP contribution in [-0.4, -0.2) is 34.3 Å². The molecule has 162 valence electrons. The van der Waals surface area contributed by atoms with Gasteiger partial charge in [0.2, 0.25) is 5.91 Å². The van der Waals surface area contributed by atoms with Crippen LogP contribution in [0.15, 0.2) is 84.9 Å². The van der Waals surface area contributed by atoms with E-state index in [0.29, 0.717) is 17.1 Å². The maximum Gasteiger partial charge on any atom is 0.240 e. The number of H-pyrrole nitrogens is 1. The molecule has 0 fully saturated rings. The second-order valence-corrected chi connectivity index (χ2v) is 7.73. The zero-order chi connectivity index (χ0) is 22.3. The van der Waals surface area contributed by atoms with Crippen molar-refractivity contribution in [2.24, 2.45) is 0 Å². The first-order valence-corrected chi connectivity index (χ1v) is 10.7. The highest BCUT2D eigenvalue weighted by molar-refractivity contribution is 7.71. The SMILES string of the molecule is COc1ccc(-c2n[nH]c(=S)n2CC(=O)NCC(c2ccccc2)c2ccccc2)cc1. The first kappa shape index (κ1) is 21.5. The van der Waals surface area contributed by atoms with Crippen LogP contribution in [0.2, 0.25) is 0 Å². The van der Waals surface area contributed by atoms with Crippen LogP contribution in [0.25, 0.3) is 11.4 Å². The Morgan fingerprint density at radius 3 is 2.16 bits per heavy atom. The topological polar surface area (TPSA) is 71.9 Å². The highest BCUT2D eigenvalue weighted by Crippen LogP contribution is 2.24. The van der Waals surface area contributed by atoms with Crippen LogP contribution in [0.4, 0.5) is 0 Å². The van der Waals surface area contributed by atoms with Gasteiger partial charge in [0.1, 0.15) is 12.3 Å². The number of methoxy groups -OCH3 is 1. The van der Waals surface area contributed by atoms with Crippen LogP contribution in [0.1, 0.15) is 17.0 Å². The normalized spacial score (nSPS) is 10.8. The number of nitrogens with zero attached hydrogens (tertiary/aromatic N) is 2. The minimum absolute atomic E-state index is 0.0553. The smallest absolute Gasteiger partial charge is 0.240 e. The molecule has 3 aromatic carbocycles. The molecule has 0 unspecified atom stereocenters. The van der Waals surface area contributed by atoms with E-state index in [9.17, 15) is 4.79 Å². The van der Waals surface area contributed by atoms with Crippen molar-refractivity contribution in [2.45, 2.75) is 12.5 Å². The number of ether oxygens (including phenoxy) is 1. The van der Waals surface area contributed by atoms with Gasteiger partial charge in [-0.3, -0.25) is 14.5 Å². The summed E-state index contributed by atoms with van der Waals surface area (Å²) < 4.78 is 7.31. The minimum Gasteiger partial charge on any atom is -0.497 e. The van der Waals surface area contributed by atoms with Crippen molar-refractivity contribution in [3.05, 3.63) is 101 Å². The molecule has 0 aliphatic carbocycles. The van der Waals surface area contributed by atoms with E-state index in [1.807, 2.05) is 60.7 Å². The molecule has 4 rings (SSSR count). The molecule has 0 spiro atoms. The highest BCUT2D eigenvalue weighted by Gasteiger charge is 2.17. The molecule has 4 aromatic rings. The number of rotatable bonds is 8. The van der Waals surface area contributed by atoms with E-state index in [1.54, 1.807) is 11.7 Å². The van der Waals surface area contributed by atoms with Crippen LogP contribution in [0, 0.1) is 4.77 Å². The predicted molar refractivity (Wildman–Crippen MR) is 127 cm³/mol. The maximum absolute atomic E-state index is 12.9. The molecule has 0 bridgehead atoms. The van der Waals surface area contributed by atoms with Crippen LogP contribution in [0.5, 0.6) is 5.75 Å². The average molecular weight is 445 g/mol. The Morgan fingerprint density at radius 2 is 1.59 bits per heavy atom. The summed E-state index contributed by atoms with van der Waals surface area (Å²) in [6.07, 6.45) is 0. The van der Waals surface area contributed by atoms with Crippen molar-refractivity contribution in [1.29, 1.82) is 0 Å². The summed E-state index contributed by atoms with van der Waals surface area (Å²) in [6.45, 7) is 0.558. The Kier molecular flexibility index (Phi) is 6.77. The Hall–Kier alpha value is -3.71. The summed E-state index contributed by atoms with van der Waals surface area (Å²) >= 11 is 5.37. The van der Waals surface area contributed by atoms with E-state index in [2.05, 4.69) is 39.8 Å². The van der Waals surface area contributed by atoms with E-state index in [0.717, 1.165) is 22.4 Å². The van der Waals surface area contributed by atoms with Crippen LogP contribution in [-0.2, 0) is 11.3 Å². The molecule has 0 saturated heterocycles. The summed E-state index contributed by atoms with van der Waals surface area (Å²) in [5.41, 5.74) is 3.15. The summed E-state index contributed by atoms with van der Waals surface area (Å²) in [4.78, 5) is 12.9. The zero-order valence-corrected chi connectivity index (χ0v) is 18.5. The van der Waals surface area contributed by atoms with Crippen LogP contribution >= 0.6 is 12.2 Å². The largest absolute Gasteiger partial charge is 0.497 e. The zero-order valence-electron chi connectivity index (χ0n) is 17.7. The number of hydrogen-bond acceptors (Lipinski definition) is 4. The van der Waals surface area contributed by atoms with E-state index < -0.39 is 0 Å². The van der Waals surface area contributed by atoms with Gasteiger partial charge in [-0.1, -0.05) is 60.7 Å². The van der Waals surface area contributed by atoms with Gasteiger partial charge in [-0.05, 0) is 47.6 Å². The van der Waals surface area contributed by atoms with Crippen LogP contribution in [0.3, 0.4) is 0 Å². The lowest BCUT2D eigenvalue weighted by Crippen LogP contribution is -2.32. The third-order valence-electron chi connectivity index (χ3n) is 5.32. The number of aromatic nitrogens is 3. The molecule has 1 amide bonds. The Bertz CT molecular complexity index is 1180. The third-order valence-corrected chi connectivity index (χ3v) is 5.63. The van der Waals surface area contributed by atoms with E-state index in [4.69, 9.17) is 17.0 Å². The van der Waals surface area contributed by atoms with E-state index in [1.165, 1.54) is 0 Å². The standard InChI is InChI=1S/C25H24N4O2S/c1-31-21-14-12-20(13-15-21)24-27-28-25(32)29(24)17-23(30)26-16-22(18-8-4-2-5-9-18)19-10-6-3-7-11-19/h2-15,22H,16-17H2,1H3,(H,26,30)(H,28,32). The van der Waals surface area contributed by atoms with Crippen molar-refractivity contribution in [3.8, 4) is 17.1 Å². The lowest BCUT2D eigenvalue weighted by atomic mass is 9.91. The molecule has 6 nitrogen and oxygen atoms in total. The van der Waals surface area contributed by atoms with Gasteiger partial charge in [0.05, 0.1) is 7.11 Å². The van der Waals surface area contributed by atoms with Gasteiger partial charge in [-0.2, -0.15) is 5.10 Å². The molecule has 1 heterocycles. The molecule has 0 radical (unpaired) electrons.